The Hall–Kier alpha value is -1.27. The molecule has 0 aromatic heterocycles. The smallest absolute Gasteiger partial charge is 0.545 e. The van der Waals surface area contributed by atoms with Crippen LogP contribution >= 0.6 is 0 Å². The van der Waals surface area contributed by atoms with Crippen molar-refractivity contribution in [3.05, 3.63) is 36.5 Å². The van der Waals surface area contributed by atoms with E-state index in [0.29, 0.717) is 0 Å². The molecule has 7 heteroatoms. The molecule has 0 aromatic carbocycles. The average Bonchev–Trinajstić information content (AvgIpc) is 2.18. The fourth-order valence-electron chi connectivity index (χ4n) is 0. The van der Waals surface area contributed by atoms with Gasteiger partial charge in [0.1, 0.15) is 0 Å². The van der Waals surface area contributed by atoms with Crippen LogP contribution in [0.15, 0.2) is 36.5 Å². The number of aliphatic carboxylic acids is 3. The summed E-state index contributed by atoms with van der Waals surface area (Å²) in [5.41, 5.74) is 0.194. The molecule has 0 amide bonds. The molecule has 102 valence electrons. The minimum Gasteiger partial charge on any atom is -0.545 e. The second kappa shape index (κ2) is 14.8. The maximum atomic E-state index is 9.49. The topological polar surface area (TPSA) is 120 Å². The molecule has 0 aliphatic rings. The van der Waals surface area contributed by atoms with Crippen molar-refractivity contribution in [3.8, 4) is 0 Å². The molecule has 0 bridgehead atoms. The average molecular weight is 344 g/mol. The van der Waals surface area contributed by atoms with Crippen molar-refractivity contribution in [2.24, 2.45) is 0 Å². The van der Waals surface area contributed by atoms with Crippen molar-refractivity contribution >= 4 is 17.9 Å². The van der Waals surface area contributed by atoms with Gasteiger partial charge in [0, 0.05) is 0 Å². The van der Waals surface area contributed by atoms with Gasteiger partial charge in [-0.15, -0.1) is 0 Å². The molecule has 0 aromatic rings. The Labute approximate surface area is 137 Å². The molecular weight excluding hydrogens is 329 g/mol. The van der Waals surface area contributed by atoms with Crippen LogP contribution in [0.5, 0.6) is 0 Å². The zero-order valence-corrected chi connectivity index (χ0v) is 14.0. The van der Waals surface area contributed by atoms with Crippen LogP contribution in [0.2, 0.25) is 0 Å². The first-order chi connectivity index (χ1) is 7.93. The van der Waals surface area contributed by atoms with Crippen LogP contribution in [0.3, 0.4) is 0 Å². The van der Waals surface area contributed by atoms with Crippen molar-refractivity contribution < 1.29 is 62.4 Å². The zero-order valence-electron chi connectivity index (χ0n) is 11.1. The minimum absolute atomic E-state index is 0. The maximum Gasteiger partial charge on any atom is 3.00 e. The first kappa shape index (κ1) is 26.3. The summed E-state index contributed by atoms with van der Waals surface area (Å²) in [6.07, 6.45) is 0. The van der Waals surface area contributed by atoms with Gasteiger partial charge < -0.3 is 29.7 Å². The maximum absolute atomic E-state index is 9.49. The summed E-state index contributed by atoms with van der Waals surface area (Å²) in [7, 11) is 0. The van der Waals surface area contributed by atoms with Crippen LogP contribution in [0.4, 0.5) is 0 Å². The van der Waals surface area contributed by atoms with E-state index in [4.69, 9.17) is 0 Å². The molecule has 0 heterocycles. The van der Waals surface area contributed by atoms with E-state index in [1.54, 1.807) is 0 Å². The van der Waals surface area contributed by atoms with E-state index in [-0.39, 0.29) is 49.4 Å². The number of carboxylic acids is 3. The molecule has 0 rings (SSSR count). The number of rotatable bonds is 3. The Morgan fingerprint density at radius 3 is 0.684 bits per heavy atom. The van der Waals surface area contributed by atoms with Crippen LogP contribution in [0.1, 0.15) is 20.8 Å². The van der Waals surface area contributed by atoms with Gasteiger partial charge in [-0.25, -0.2) is 0 Å². The number of carbonyl (C=O) groups excluding carboxylic acids is 3. The van der Waals surface area contributed by atoms with Gasteiger partial charge in [-0.2, -0.15) is 0 Å². The summed E-state index contributed by atoms with van der Waals surface area (Å²) in [6, 6.07) is 0. The Balaban J connectivity index is -0.0000000865. The van der Waals surface area contributed by atoms with E-state index < -0.39 is 17.9 Å². The standard InChI is InChI=1S/3C4H6O2.Y/c3*1-3(2)4(5)6;/h3*1H2,2H3,(H,5,6);/q;;;+3/p-3. The summed E-state index contributed by atoms with van der Waals surface area (Å²) in [5, 5.41) is 28.5. The molecule has 0 radical (unpaired) electrons. The molecule has 0 fully saturated rings. The minimum atomic E-state index is -1.19. The van der Waals surface area contributed by atoms with Crippen molar-refractivity contribution in [3.63, 3.8) is 0 Å². The van der Waals surface area contributed by atoms with Crippen LogP contribution in [-0.4, -0.2) is 17.9 Å². The summed E-state index contributed by atoms with van der Waals surface area (Å²) < 4.78 is 0. The van der Waals surface area contributed by atoms with Gasteiger partial charge in [-0.1, -0.05) is 19.7 Å². The van der Waals surface area contributed by atoms with E-state index in [1.165, 1.54) is 20.8 Å². The molecule has 0 aliphatic heterocycles. The molecule has 0 N–H and O–H groups in total. The van der Waals surface area contributed by atoms with Gasteiger partial charge in [0.15, 0.2) is 0 Å². The molecule has 0 spiro atoms. The predicted molar refractivity (Wildman–Crippen MR) is 59.5 cm³/mol. The van der Waals surface area contributed by atoms with Crippen LogP contribution < -0.4 is 15.3 Å². The van der Waals surface area contributed by atoms with E-state index >= 15 is 0 Å². The summed E-state index contributed by atoms with van der Waals surface area (Å²) in [4.78, 5) is 28.5. The SMILES string of the molecule is C=C(C)C(=O)[O-].C=C(C)C(=O)[O-].C=C(C)C(=O)[O-].[Y+3]. The summed E-state index contributed by atoms with van der Waals surface area (Å²) >= 11 is 0. The van der Waals surface area contributed by atoms with Crippen LogP contribution in [-0.2, 0) is 47.1 Å². The quantitative estimate of drug-likeness (QED) is 0.543. The summed E-state index contributed by atoms with van der Waals surface area (Å²) in [5.74, 6) is -3.56. The molecule has 19 heavy (non-hydrogen) atoms. The fourth-order valence-corrected chi connectivity index (χ4v) is 0. The van der Waals surface area contributed by atoms with E-state index in [2.05, 4.69) is 19.7 Å². The van der Waals surface area contributed by atoms with Crippen molar-refractivity contribution in [1.82, 2.24) is 0 Å². The third-order valence-corrected chi connectivity index (χ3v) is 1.05. The number of carboxylic acid groups (broad SMARTS) is 3. The number of carbonyl (C=O) groups is 3. The Morgan fingerprint density at radius 1 is 0.632 bits per heavy atom. The number of hydrogen-bond donors (Lipinski definition) is 0. The van der Waals surface area contributed by atoms with Gasteiger partial charge in [0.05, 0.1) is 17.9 Å². The van der Waals surface area contributed by atoms with Crippen molar-refractivity contribution in [1.29, 1.82) is 0 Å². The first-order valence-corrected chi connectivity index (χ1v) is 4.54. The molecule has 0 saturated heterocycles. The third kappa shape index (κ3) is 31.5. The predicted octanol–water partition coefficient (Wildman–Crippen LogP) is -2.07. The largest absolute Gasteiger partial charge is 3.00 e. The second-order valence-corrected chi connectivity index (χ2v) is 3.20. The van der Waals surface area contributed by atoms with Gasteiger partial charge in [-0.3, -0.25) is 0 Å². The normalized spacial score (nSPS) is 7.11. The monoisotopic (exact) mass is 344 g/mol. The van der Waals surface area contributed by atoms with Crippen molar-refractivity contribution in [2.75, 3.05) is 0 Å². The van der Waals surface area contributed by atoms with Crippen molar-refractivity contribution in [2.45, 2.75) is 20.8 Å². The molecule has 0 saturated carbocycles. The third-order valence-electron chi connectivity index (χ3n) is 1.05. The number of hydrogen-bond acceptors (Lipinski definition) is 6. The molecule has 6 nitrogen and oxygen atoms in total. The summed E-state index contributed by atoms with van der Waals surface area (Å²) in [6.45, 7) is 13.4. The van der Waals surface area contributed by atoms with Crippen LogP contribution in [0, 0.1) is 0 Å². The Kier molecular flexibility index (Phi) is 20.5. The molecule has 0 aliphatic carbocycles. The molecule has 0 atom stereocenters. The van der Waals surface area contributed by atoms with E-state index in [9.17, 15) is 29.7 Å². The van der Waals surface area contributed by atoms with E-state index in [1.807, 2.05) is 0 Å². The van der Waals surface area contributed by atoms with Gasteiger partial charge in [0.25, 0.3) is 0 Å². The van der Waals surface area contributed by atoms with E-state index in [0.717, 1.165) is 0 Å². The van der Waals surface area contributed by atoms with Gasteiger partial charge >= 0.3 is 32.7 Å². The first-order valence-electron chi connectivity index (χ1n) is 4.54. The fraction of sp³-hybridized carbons (Fsp3) is 0.250. The van der Waals surface area contributed by atoms with Gasteiger partial charge in [-0.05, 0) is 37.5 Å². The van der Waals surface area contributed by atoms with Gasteiger partial charge in [0.2, 0.25) is 0 Å². The Morgan fingerprint density at radius 2 is 0.684 bits per heavy atom. The Bertz CT molecular complexity index is 277. The van der Waals surface area contributed by atoms with Crippen LogP contribution in [0.25, 0.3) is 0 Å². The molecule has 0 unspecified atom stereocenters. The zero-order chi connectivity index (χ0) is 15.5. The second-order valence-electron chi connectivity index (χ2n) is 3.20. The molecular formula is C12H15O6Y.